The van der Waals surface area contributed by atoms with Crippen LogP contribution in [0.1, 0.15) is 49.9 Å². The quantitative estimate of drug-likeness (QED) is 0.910. The van der Waals surface area contributed by atoms with E-state index in [4.69, 9.17) is 4.74 Å². The Morgan fingerprint density at radius 1 is 1.12 bits per heavy atom. The summed E-state index contributed by atoms with van der Waals surface area (Å²) in [4.78, 5) is 17.1. The normalized spacial score (nSPS) is 23.0. The Morgan fingerprint density at radius 3 is 2.40 bits per heavy atom. The molecule has 1 aromatic rings. The molecule has 0 bridgehead atoms. The van der Waals surface area contributed by atoms with Gasteiger partial charge in [0.05, 0.1) is 12.2 Å². The van der Waals surface area contributed by atoms with Crippen LogP contribution in [0.3, 0.4) is 0 Å². The highest BCUT2D eigenvalue weighted by molar-refractivity contribution is 5.94. The van der Waals surface area contributed by atoms with Crippen LogP contribution in [0.5, 0.6) is 5.75 Å². The number of benzene rings is 1. The van der Waals surface area contributed by atoms with Crippen molar-refractivity contribution in [2.45, 2.75) is 57.8 Å². The fraction of sp³-hybridized carbons (Fsp3) is 0.650. The number of rotatable bonds is 4. The smallest absolute Gasteiger partial charge is 0.253 e. The first-order chi connectivity index (χ1) is 12.0. The van der Waals surface area contributed by atoms with Crippen molar-refractivity contribution in [3.05, 3.63) is 29.8 Å². The molecule has 1 atom stereocenters. The number of carbonyl (C=O) groups excluding carboxylic acids is 1. The van der Waals surface area contributed by atoms with Gasteiger partial charge in [-0.1, -0.05) is 0 Å². The molecule has 2 aliphatic heterocycles. The van der Waals surface area contributed by atoms with Crippen molar-refractivity contribution in [3.8, 4) is 5.75 Å². The first-order valence-electron chi connectivity index (χ1n) is 9.51. The number of piperidine rings is 2. The highest BCUT2D eigenvalue weighted by Crippen LogP contribution is 2.23. The molecule has 138 valence electrons. The zero-order valence-electron chi connectivity index (χ0n) is 15.4. The van der Waals surface area contributed by atoms with Crippen LogP contribution in [0.25, 0.3) is 0 Å². The van der Waals surface area contributed by atoms with Gasteiger partial charge in [0.2, 0.25) is 0 Å². The minimum Gasteiger partial charge on any atom is -0.491 e. The SMILES string of the molecule is CC(C)Oc1ccc(C(=O)N2CCC(N3CCC[C@@H](O)C3)CC2)cc1. The van der Waals surface area contributed by atoms with E-state index in [1.165, 1.54) is 0 Å². The lowest BCUT2D eigenvalue weighted by Crippen LogP contribution is -2.50. The molecule has 5 heteroatoms. The van der Waals surface area contributed by atoms with Crippen LogP contribution in [-0.2, 0) is 0 Å². The second-order valence-corrected chi connectivity index (χ2v) is 7.51. The maximum Gasteiger partial charge on any atom is 0.253 e. The Balaban J connectivity index is 1.52. The molecule has 3 rings (SSSR count). The van der Waals surface area contributed by atoms with Crippen LogP contribution in [0.2, 0.25) is 0 Å². The molecule has 0 aromatic heterocycles. The molecule has 1 N–H and O–H groups in total. The van der Waals surface area contributed by atoms with Crippen LogP contribution in [0, 0.1) is 0 Å². The summed E-state index contributed by atoms with van der Waals surface area (Å²) in [7, 11) is 0. The number of ether oxygens (including phenoxy) is 1. The van der Waals surface area contributed by atoms with Gasteiger partial charge in [0.1, 0.15) is 5.75 Å². The minimum atomic E-state index is -0.181. The highest BCUT2D eigenvalue weighted by Gasteiger charge is 2.29. The molecule has 2 saturated heterocycles. The first kappa shape index (κ1) is 18.2. The number of aliphatic hydroxyl groups excluding tert-OH is 1. The summed E-state index contributed by atoms with van der Waals surface area (Å²) < 4.78 is 5.63. The van der Waals surface area contributed by atoms with Gasteiger partial charge in [-0.15, -0.1) is 0 Å². The third-order valence-electron chi connectivity index (χ3n) is 5.17. The molecule has 0 saturated carbocycles. The van der Waals surface area contributed by atoms with Gasteiger partial charge in [0.15, 0.2) is 0 Å². The van der Waals surface area contributed by atoms with Gasteiger partial charge in [0, 0.05) is 31.2 Å². The van der Waals surface area contributed by atoms with Crippen molar-refractivity contribution in [2.75, 3.05) is 26.2 Å². The van der Waals surface area contributed by atoms with E-state index in [0.717, 1.165) is 63.2 Å². The number of β-amino-alcohol motifs (C(OH)–C–C–N with tert-alkyl or cyclic N) is 1. The van der Waals surface area contributed by atoms with Gasteiger partial charge in [-0.3, -0.25) is 9.69 Å². The lowest BCUT2D eigenvalue weighted by molar-refractivity contribution is 0.0241. The Bertz CT molecular complexity index is 565. The minimum absolute atomic E-state index is 0.105. The van der Waals surface area contributed by atoms with E-state index in [1.54, 1.807) is 0 Å². The zero-order valence-corrected chi connectivity index (χ0v) is 15.4. The van der Waals surface area contributed by atoms with Crippen molar-refractivity contribution in [1.29, 1.82) is 0 Å². The van der Waals surface area contributed by atoms with Crippen molar-refractivity contribution in [1.82, 2.24) is 9.80 Å². The molecule has 1 aromatic carbocycles. The average molecular weight is 346 g/mol. The molecule has 25 heavy (non-hydrogen) atoms. The summed E-state index contributed by atoms with van der Waals surface area (Å²) in [6, 6.07) is 7.95. The van der Waals surface area contributed by atoms with E-state index < -0.39 is 0 Å². The molecule has 0 radical (unpaired) electrons. The largest absolute Gasteiger partial charge is 0.491 e. The predicted molar refractivity (Wildman–Crippen MR) is 97.9 cm³/mol. The summed E-state index contributed by atoms with van der Waals surface area (Å²) in [5, 5.41) is 9.86. The lowest BCUT2D eigenvalue weighted by atomic mass is 9.98. The molecule has 2 aliphatic rings. The van der Waals surface area contributed by atoms with Gasteiger partial charge >= 0.3 is 0 Å². The standard InChI is InChI=1S/C20H30N2O3/c1-15(2)25-19-7-5-16(6-8-19)20(24)21-12-9-17(10-13-21)22-11-3-4-18(23)14-22/h5-8,15,17-18,23H,3-4,9-14H2,1-2H3/t18-/m1/s1. The summed E-state index contributed by atoms with van der Waals surface area (Å²) in [5.74, 6) is 0.905. The molecule has 0 unspecified atom stereocenters. The zero-order chi connectivity index (χ0) is 17.8. The number of aliphatic hydroxyl groups is 1. The molecular formula is C20H30N2O3. The van der Waals surface area contributed by atoms with Crippen molar-refractivity contribution < 1.29 is 14.6 Å². The second-order valence-electron chi connectivity index (χ2n) is 7.51. The van der Waals surface area contributed by atoms with Crippen LogP contribution < -0.4 is 4.74 Å². The maximum atomic E-state index is 12.7. The molecular weight excluding hydrogens is 316 g/mol. The van der Waals surface area contributed by atoms with Gasteiger partial charge < -0.3 is 14.7 Å². The Morgan fingerprint density at radius 2 is 1.80 bits per heavy atom. The van der Waals surface area contributed by atoms with E-state index >= 15 is 0 Å². The van der Waals surface area contributed by atoms with Gasteiger partial charge in [-0.2, -0.15) is 0 Å². The molecule has 5 nitrogen and oxygen atoms in total. The number of nitrogens with zero attached hydrogens (tertiary/aromatic N) is 2. The molecule has 1 amide bonds. The van der Waals surface area contributed by atoms with Gasteiger partial charge in [-0.05, 0) is 70.3 Å². The fourth-order valence-electron chi connectivity index (χ4n) is 3.88. The van der Waals surface area contributed by atoms with Gasteiger partial charge in [-0.25, -0.2) is 0 Å². The first-order valence-corrected chi connectivity index (χ1v) is 9.51. The Kier molecular flexibility index (Phi) is 5.97. The summed E-state index contributed by atoms with van der Waals surface area (Å²) in [5.41, 5.74) is 0.725. The maximum absolute atomic E-state index is 12.7. The topological polar surface area (TPSA) is 53.0 Å². The van der Waals surface area contributed by atoms with Crippen molar-refractivity contribution in [2.24, 2.45) is 0 Å². The third-order valence-corrected chi connectivity index (χ3v) is 5.17. The summed E-state index contributed by atoms with van der Waals surface area (Å²) >= 11 is 0. The monoisotopic (exact) mass is 346 g/mol. The third kappa shape index (κ3) is 4.73. The number of carbonyl (C=O) groups is 1. The number of likely N-dealkylation sites (tertiary alicyclic amines) is 2. The van der Waals surface area contributed by atoms with Crippen LogP contribution in [-0.4, -0.2) is 65.2 Å². The van der Waals surface area contributed by atoms with E-state index in [9.17, 15) is 9.90 Å². The average Bonchev–Trinajstić information content (AvgIpc) is 2.61. The summed E-state index contributed by atoms with van der Waals surface area (Å²) in [6.45, 7) is 7.43. The number of hydrogen-bond donors (Lipinski definition) is 1. The van der Waals surface area contributed by atoms with Crippen LogP contribution in [0.4, 0.5) is 0 Å². The Hall–Kier alpha value is -1.59. The molecule has 2 fully saturated rings. The lowest BCUT2D eigenvalue weighted by Gasteiger charge is -2.41. The fourth-order valence-corrected chi connectivity index (χ4v) is 3.88. The van der Waals surface area contributed by atoms with Crippen molar-refractivity contribution >= 4 is 5.91 Å². The molecule has 0 aliphatic carbocycles. The highest BCUT2D eigenvalue weighted by atomic mass is 16.5. The predicted octanol–water partition coefficient (Wildman–Crippen LogP) is 2.54. The molecule has 2 heterocycles. The summed E-state index contributed by atoms with van der Waals surface area (Å²) in [6.07, 6.45) is 3.93. The van der Waals surface area contributed by atoms with Crippen molar-refractivity contribution in [3.63, 3.8) is 0 Å². The number of hydrogen-bond acceptors (Lipinski definition) is 4. The number of amides is 1. The van der Waals surface area contributed by atoms with E-state index in [-0.39, 0.29) is 18.1 Å². The molecule has 0 spiro atoms. The van der Waals surface area contributed by atoms with E-state index in [0.29, 0.717) is 6.04 Å². The van der Waals surface area contributed by atoms with Crippen LogP contribution in [0.15, 0.2) is 24.3 Å². The Labute approximate surface area is 150 Å². The van der Waals surface area contributed by atoms with E-state index in [1.807, 2.05) is 43.0 Å². The van der Waals surface area contributed by atoms with Gasteiger partial charge in [0.25, 0.3) is 5.91 Å². The van der Waals surface area contributed by atoms with E-state index in [2.05, 4.69) is 4.90 Å². The van der Waals surface area contributed by atoms with Crippen LogP contribution >= 0.6 is 0 Å². The second kappa shape index (κ2) is 8.19.